The van der Waals surface area contributed by atoms with Crippen molar-refractivity contribution in [3.05, 3.63) is 52.2 Å². The third kappa shape index (κ3) is 4.01. The van der Waals surface area contributed by atoms with Gasteiger partial charge in [0.15, 0.2) is 0 Å². The highest BCUT2D eigenvalue weighted by atomic mass is 16.6. The van der Waals surface area contributed by atoms with Crippen LogP contribution in [0.2, 0.25) is 0 Å². The second-order valence-corrected chi connectivity index (χ2v) is 4.56. The summed E-state index contributed by atoms with van der Waals surface area (Å²) < 4.78 is 1.49. The number of aryl methyl sites for hydroxylation is 1. The standard InChI is InChI=1S/C15H12N4O4/c16-7-2-8-18-10-12(5-6-14(20)21)15(17-18)11-3-1-4-13(9-11)19(22)23/h1,3-6,9-10H,2,8H2,(H,20,21)/p-1/b6-5+. The molecule has 116 valence electrons. The van der Waals surface area contributed by atoms with Crippen molar-refractivity contribution in [2.45, 2.75) is 13.0 Å². The maximum Gasteiger partial charge on any atom is 0.270 e. The van der Waals surface area contributed by atoms with Gasteiger partial charge in [0.25, 0.3) is 5.69 Å². The molecule has 2 rings (SSSR count). The number of nitriles is 1. The van der Waals surface area contributed by atoms with Crippen LogP contribution in [-0.2, 0) is 11.3 Å². The summed E-state index contributed by atoms with van der Waals surface area (Å²) in [6.45, 7) is 0.331. The van der Waals surface area contributed by atoms with Crippen molar-refractivity contribution in [1.82, 2.24) is 9.78 Å². The van der Waals surface area contributed by atoms with E-state index < -0.39 is 10.9 Å². The Bertz CT molecular complexity index is 817. The Balaban J connectivity index is 2.48. The molecular weight excluding hydrogens is 300 g/mol. The van der Waals surface area contributed by atoms with E-state index in [0.717, 1.165) is 6.08 Å². The molecule has 0 aliphatic rings. The van der Waals surface area contributed by atoms with Crippen LogP contribution in [0.1, 0.15) is 12.0 Å². The second kappa shape index (κ2) is 7.00. The summed E-state index contributed by atoms with van der Waals surface area (Å²) in [5.41, 5.74) is 1.24. The van der Waals surface area contributed by atoms with Gasteiger partial charge in [-0.25, -0.2) is 0 Å². The van der Waals surface area contributed by atoms with Gasteiger partial charge in [0, 0.05) is 29.5 Å². The fourth-order valence-corrected chi connectivity index (χ4v) is 1.99. The molecule has 23 heavy (non-hydrogen) atoms. The largest absolute Gasteiger partial charge is 0.545 e. The molecule has 0 atom stereocenters. The molecule has 0 aliphatic heterocycles. The van der Waals surface area contributed by atoms with Crippen LogP contribution in [0.25, 0.3) is 17.3 Å². The summed E-state index contributed by atoms with van der Waals surface area (Å²) in [5, 5.41) is 34.4. The quantitative estimate of drug-likeness (QED) is 0.447. The first-order chi connectivity index (χ1) is 11.0. The van der Waals surface area contributed by atoms with Crippen LogP contribution in [0, 0.1) is 21.4 Å². The third-order valence-corrected chi connectivity index (χ3v) is 2.97. The number of aromatic nitrogens is 2. The zero-order valence-corrected chi connectivity index (χ0v) is 11.9. The van der Waals surface area contributed by atoms with Gasteiger partial charge in [0.05, 0.1) is 35.6 Å². The van der Waals surface area contributed by atoms with Crippen molar-refractivity contribution in [1.29, 1.82) is 5.26 Å². The van der Waals surface area contributed by atoms with Gasteiger partial charge in [0.2, 0.25) is 0 Å². The minimum Gasteiger partial charge on any atom is -0.545 e. The van der Waals surface area contributed by atoms with Gasteiger partial charge >= 0.3 is 0 Å². The maximum absolute atomic E-state index is 10.9. The van der Waals surface area contributed by atoms with Crippen molar-refractivity contribution in [2.75, 3.05) is 0 Å². The number of rotatable bonds is 6. The van der Waals surface area contributed by atoms with Crippen LogP contribution in [-0.4, -0.2) is 20.7 Å². The lowest BCUT2D eigenvalue weighted by Crippen LogP contribution is -2.18. The lowest BCUT2D eigenvalue weighted by molar-refractivity contribution is -0.384. The van der Waals surface area contributed by atoms with Crippen LogP contribution >= 0.6 is 0 Å². The molecule has 0 unspecified atom stereocenters. The average molecular weight is 311 g/mol. The molecule has 0 aliphatic carbocycles. The van der Waals surface area contributed by atoms with Gasteiger partial charge in [-0.1, -0.05) is 12.1 Å². The summed E-state index contributed by atoms with van der Waals surface area (Å²) in [4.78, 5) is 20.9. The number of nitro groups is 1. The zero-order chi connectivity index (χ0) is 16.8. The third-order valence-electron chi connectivity index (χ3n) is 2.97. The van der Waals surface area contributed by atoms with Gasteiger partial charge in [-0.15, -0.1) is 0 Å². The van der Waals surface area contributed by atoms with Crippen molar-refractivity contribution in [2.24, 2.45) is 0 Å². The number of hydrogen-bond acceptors (Lipinski definition) is 6. The van der Waals surface area contributed by atoms with E-state index in [2.05, 4.69) is 5.10 Å². The lowest BCUT2D eigenvalue weighted by atomic mass is 10.1. The molecular formula is C15H11N4O4-. The van der Waals surface area contributed by atoms with Crippen LogP contribution in [0.5, 0.6) is 0 Å². The van der Waals surface area contributed by atoms with E-state index in [0.29, 0.717) is 23.4 Å². The summed E-state index contributed by atoms with van der Waals surface area (Å²) in [6.07, 6.45) is 3.97. The number of benzene rings is 1. The topological polar surface area (TPSA) is 125 Å². The number of nitro benzene ring substituents is 1. The van der Waals surface area contributed by atoms with Gasteiger partial charge in [-0.3, -0.25) is 14.8 Å². The van der Waals surface area contributed by atoms with E-state index in [-0.39, 0.29) is 12.1 Å². The minimum absolute atomic E-state index is 0.0936. The molecule has 1 aromatic heterocycles. The summed E-state index contributed by atoms with van der Waals surface area (Å²) in [7, 11) is 0. The number of hydrogen-bond donors (Lipinski definition) is 0. The number of carbonyl (C=O) groups is 1. The van der Waals surface area contributed by atoms with Crippen LogP contribution < -0.4 is 5.11 Å². The number of aliphatic carboxylic acids is 1. The molecule has 0 amide bonds. The first kappa shape index (κ1) is 15.9. The number of carboxylic acids is 1. The number of nitrogens with zero attached hydrogens (tertiary/aromatic N) is 4. The predicted molar refractivity (Wildman–Crippen MR) is 78.6 cm³/mol. The van der Waals surface area contributed by atoms with Crippen molar-refractivity contribution in [3.63, 3.8) is 0 Å². The minimum atomic E-state index is -1.36. The SMILES string of the molecule is N#CCCn1cc(/C=C/C(=O)[O-])c(-c2cccc([N+](=O)[O-])c2)n1. The van der Waals surface area contributed by atoms with Gasteiger partial charge < -0.3 is 9.90 Å². The summed E-state index contributed by atoms with van der Waals surface area (Å²) >= 11 is 0. The molecule has 8 nitrogen and oxygen atoms in total. The normalized spacial score (nSPS) is 10.6. The Hall–Kier alpha value is -3.47. The van der Waals surface area contributed by atoms with E-state index in [4.69, 9.17) is 5.26 Å². The van der Waals surface area contributed by atoms with E-state index in [9.17, 15) is 20.0 Å². The van der Waals surface area contributed by atoms with Gasteiger partial charge in [-0.05, 0) is 12.2 Å². The maximum atomic E-state index is 10.9. The Morgan fingerprint density at radius 2 is 2.26 bits per heavy atom. The van der Waals surface area contributed by atoms with E-state index in [1.165, 1.54) is 29.0 Å². The molecule has 1 aromatic carbocycles. The summed E-state index contributed by atoms with van der Waals surface area (Å²) in [6, 6.07) is 7.86. The lowest BCUT2D eigenvalue weighted by Gasteiger charge is -2.00. The highest BCUT2D eigenvalue weighted by Gasteiger charge is 2.13. The Labute approximate surface area is 131 Å². The molecule has 8 heteroatoms. The zero-order valence-electron chi connectivity index (χ0n) is 11.9. The van der Waals surface area contributed by atoms with Crippen LogP contribution in [0.4, 0.5) is 5.69 Å². The highest BCUT2D eigenvalue weighted by Crippen LogP contribution is 2.26. The molecule has 0 spiro atoms. The monoisotopic (exact) mass is 311 g/mol. The molecule has 0 saturated heterocycles. The molecule has 0 radical (unpaired) electrons. The van der Waals surface area contributed by atoms with E-state index in [1.807, 2.05) is 6.07 Å². The average Bonchev–Trinajstić information content (AvgIpc) is 2.94. The van der Waals surface area contributed by atoms with Crippen molar-refractivity contribution in [3.8, 4) is 17.3 Å². The first-order valence-electron chi connectivity index (χ1n) is 6.59. The van der Waals surface area contributed by atoms with Crippen molar-refractivity contribution < 1.29 is 14.8 Å². The number of carbonyl (C=O) groups excluding carboxylic acids is 1. The van der Waals surface area contributed by atoms with E-state index >= 15 is 0 Å². The molecule has 1 heterocycles. The smallest absolute Gasteiger partial charge is 0.270 e. The number of non-ortho nitro benzene ring substituents is 1. The molecule has 0 N–H and O–H groups in total. The summed E-state index contributed by atoms with van der Waals surface area (Å²) in [5.74, 6) is -1.36. The Kier molecular flexibility index (Phi) is 4.84. The first-order valence-corrected chi connectivity index (χ1v) is 6.59. The molecule has 2 aromatic rings. The Morgan fingerprint density at radius 1 is 1.48 bits per heavy atom. The predicted octanol–water partition coefficient (Wildman–Crippen LogP) is 1.14. The van der Waals surface area contributed by atoms with Crippen molar-refractivity contribution >= 4 is 17.7 Å². The highest BCUT2D eigenvalue weighted by molar-refractivity contribution is 5.85. The molecule has 0 saturated carbocycles. The fourth-order valence-electron chi connectivity index (χ4n) is 1.99. The number of carboxylic acid groups (broad SMARTS) is 1. The Morgan fingerprint density at radius 3 is 2.91 bits per heavy atom. The van der Waals surface area contributed by atoms with Crippen LogP contribution in [0.3, 0.4) is 0 Å². The van der Waals surface area contributed by atoms with Gasteiger partial charge in [-0.2, -0.15) is 10.4 Å². The van der Waals surface area contributed by atoms with Gasteiger partial charge in [0.1, 0.15) is 0 Å². The molecule has 0 fully saturated rings. The van der Waals surface area contributed by atoms with Crippen LogP contribution in [0.15, 0.2) is 36.5 Å². The second-order valence-electron chi connectivity index (χ2n) is 4.56. The molecule has 0 bridgehead atoms. The van der Waals surface area contributed by atoms with E-state index in [1.54, 1.807) is 12.3 Å². The fraction of sp³-hybridized carbons (Fsp3) is 0.133.